The summed E-state index contributed by atoms with van der Waals surface area (Å²) in [5, 5.41) is 6.82. The summed E-state index contributed by atoms with van der Waals surface area (Å²) in [6, 6.07) is 4.90. The second-order valence-electron chi connectivity index (χ2n) is 9.15. The summed E-state index contributed by atoms with van der Waals surface area (Å²) in [6.45, 7) is 4.95. The van der Waals surface area contributed by atoms with Crippen molar-refractivity contribution in [3.63, 3.8) is 0 Å². The molecular formula is C26H28N2O5S. The van der Waals surface area contributed by atoms with Crippen molar-refractivity contribution in [2.75, 3.05) is 18.5 Å². The summed E-state index contributed by atoms with van der Waals surface area (Å²) in [6.07, 6.45) is 5.77. The molecule has 2 aromatic heterocycles. The van der Waals surface area contributed by atoms with E-state index in [0.29, 0.717) is 28.1 Å². The summed E-state index contributed by atoms with van der Waals surface area (Å²) in [5.74, 6) is -0.802. The van der Waals surface area contributed by atoms with Crippen molar-refractivity contribution in [3.05, 3.63) is 61.3 Å². The topological polar surface area (TPSA) is 97.6 Å². The van der Waals surface area contributed by atoms with Crippen molar-refractivity contribution >= 4 is 39.1 Å². The van der Waals surface area contributed by atoms with Crippen molar-refractivity contribution in [2.45, 2.75) is 58.5 Å². The first-order chi connectivity index (χ1) is 16.4. The number of hydrogen-bond donors (Lipinski definition) is 2. The smallest absolute Gasteiger partial charge is 0.292 e. The normalized spacial score (nSPS) is 17.5. The summed E-state index contributed by atoms with van der Waals surface area (Å²) < 4.78 is 11.5. The van der Waals surface area contributed by atoms with Crippen LogP contribution in [-0.4, -0.2) is 31.1 Å². The zero-order valence-corrected chi connectivity index (χ0v) is 20.2. The first-order valence-electron chi connectivity index (χ1n) is 11.8. The molecule has 34 heavy (non-hydrogen) atoms. The van der Waals surface area contributed by atoms with E-state index in [1.54, 1.807) is 6.07 Å². The lowest BCUT2D eigenvalue weighted by Crippen LogP contribution is -2.32. The highest BCUT2D eigenvalue weighted by atomic mass is 32.1. The average molecular weight is 481 g/mol. The molecule has 0 bridgehead atoms. The number of carbonyl (C=O) groups excluding carboxylic acids is 2. The number of hydrogen-bond acceptors (Lipinski definition) is 6. The van der Waals surface area contributed by atoms with Crippen LogP contribution >= 0.6 is 11.3 Å². The third kappa shape index (κ3) is 4.40. The number of rotatable bonds is 5. The fourth-order valence-corrected chi connectivity index (χ4v) is 6.16. The van der Waals surface area contributed by atoms with Crippen LogP contribution in [0, 0.1) is 13.8 Å². The minimum Gasteiger partial charge on any atom is -0.450 e. The van der Waals surface area contributed by atoms with Gasteiger partial charge in [-0.25, -0.2) is 0 Å². The predicted molar refractivity (Wildman–Crippen MR) is 132 cm³/mol. The summed E-state index contributed by atoms with van der Waals surface area (Å²) in [7, 11) is 0. The third-order valence-corrected chi connectivity index (χ3v) is 7.73. The second kappa shape index (κ2) is 9.35. The monoisotopic (exact) mass is 480 g/mol. The fourth-order valence-electron chi connectivity index (χ4n) is 4.88. The molecule has 1 unspecified atom stereocenters. The number of fused-ring (bicyclic) bond motifs is 2. The van der Waals surface area contributed by atoms with Gasteiger partial charge in [0.2, 0.25) is 0 Å². The molecule has 3 heterocycles. The van der Waals surface area contributed by atoms with Gasteiger partial charge in [-0.1, -0.05) is 6.07 Å². The Morgan fingerprint density at radius 1 is 1.09 bits per heavy atom. The number of carbonyl (C=O) groups is 2. The molecule has 1 fully saturated rings. The molecule has 1 aliphatic carbocycles. The van der Waals surface area contributed by atoms with Gasteiger partial charge in [-0.2, -0.15) is 0 Å². The number of benzene rings is 1. The highest BCUT2D eigenvalue weighted by Crippen LogP contribution is 2.38. The molecule has 7 nitrogen and oxygen atoms in total. The molecule has 5 rings (SSSR count). The minimum absolute atomic E-state index is 0.0372. The Morgan fingerprint density at radius 2 is 1.91 bits per heavy atom. The molecule has 0 spiro atoms. The van der Waals surface area contributed by atoms with Crippen molar-refractivity contribution in [3.8, 4) is 0 Å². The Bertz CT molecular complexity index is 1330. The van der Waals surface area contributed by atoms with E-state index in [1.165, 1.54) is 17.4 Å². The van der Waals surface area contributed by atoms with Crippen LogP contribution in [0.3, 0.4) is 0 Å². The van der Waals surface area contributed by atoms with Gasteiger partial charge in [0, 0.05) is 24.1 Å². The zero-order chi connectivity index (χ0) is 23.8. The molecule has 2 aliphatic rings. The maximum atomic E-state index is 13.2. The van der Waals surface area contributed by atoms with Gasteiger partial charge in [0.25, 0.3) is 11.8 Å². The van der Waals surface area contributed by atoms with Crippen LogP contribution in [0.15, 0.2) is 27.4 Å². The zero-order valence-electron chi connectivity index (χ0n) is 19.4. The van der Waals surface area contributed by atoms with Crippen LogP contribution in [0.2, 0.25) is 0 Å². The van der Waals surface area contributed by atoms with Gasteiger partial charge in [-0.3, -0.25) is 14.4 Å². The van der Waals surface area contributed by atoms with Crippen LogP contribution in [0.1, 0.15) is 68.2 Å². The lowest BCUT2D eigenvalue weighted by molar-refractivity contribution is 0.0858. The van der Waals surface area contributed by atoms with E-state index in [1.807, 2.05) is 19.9 Å². The van der Waals surface area contributed by atoms with Crippen molar-refractivity contribution < 1.29 is 18.7 Å². The minimum atomic E-state index is -0.536. The quantitative estimate of drug-likeness (QED) is 0.560. The molecule has 1 aliphatic heterocycles. The van der Waals surface area contributed by atoms with Gasteiger partial charge in [0.05, 0.1) is 17.1 Å². The maximum Gasteiger partial charge on any atom is 0.292 e. The average Bonchev–Trinajstić information content (AvgIpc) is 3.45. The molecule has 0 saturated carbocycles. The lowest BCUT2D eigenvalue weighted by atomic mass is 9.95. The van der Waals surface area contributed by atoms with Gasteiger partial charge in [-0.15, -0.1) is 11.3 Å². The molecule has 3 aromatic rings. The van der Waals surface area contributed by atoms with Gasteiger partial charge < -0.3 is 19.8 Å². The standard InChI is InChI=1S/C26H28N2O5S/c1-14-10-15(2)23-18(11-14)19(29)12-20(33-23)24(30)28-26-22(17-7-3-4-8-21(17)34-26)25(31)27-13-16-6-5-9-32-16/h10-12,16H,3-9,13H2,1-2H3,(H,27,31)(H,28,30). The fraction of sp³-hybridized carbons (Fsp3) is 0.423. The number of amides is 2. The Hall–Kier alpha value is -2.97. The highest BCUT2D eigenvalue weighted by molar-refractivity contribution is 7.17. The first-order valence-corrected chi connectivity index (χ1v) is 12.6. The van der Waals surface area contributed by atoms with E-state index in [-0.39, 0.29) is 23.2 Å². The molecule has 0 radical (unpaired) electrons. The number of thiophene rings is 1. The number of ether oxygens (including phenoxy) is 1. The van der Waals surface area contributed by atoms with E-state index in [4.69, 9.17) is 9.15 Å². The number of aryl methyl sites for hydroxylation is 3. The highest BCUT2D eigenvalue weighted by Gasteiger charge is 2.28. The van der Waals surface area contributed by atoms with Crippen molar-refractivity contribution in [1.82, 2.24) is 5.32 Å². The number of nitrogens with one attached hydrogen (secondary N) is 2. The van der Waals surface area contributed by atoms with Gasteiger partial charge in [0.15, 0.2) is 11.2 Å². The molecule has 8 heteroatoms. The summed E-state index contributed by atoms with van der Waals surface area (Å²) in [4.78, 5) is 40.2. The molecule has 2 amide bonds. The Morgan fingerprint density at radius 3 is 2.71 bits per heavy atom. The number of anilines is 1. The SMILES string of the molecule is Cc1cc(C)c2oc(C(=O)Nc3sc4c(c3C(=O)NCC3CCCO3)CCCC4)cc(=O)c2c1. The molecule has 178 valence electrons. The van der Waals surface area contributed by atoms with Gasteiger partial charge in [-0.05, 0) is 75.1 Å². The third-order valence-electron chi connectivity index (χ3n) is 6.52. The largest absolute Gasteiger partial charge is 0.450 e. The van der Waals surface area contributed by atoms with E-state index in [9.17, 15) is 14.4 Å². The second-order valence-corrected chi connectivity index (χ2v) is 10.3. The molecule has 2 N–H and O–H groups in total. The van der Waals surface area contributed by atoms with Gasteiger partial charge in [0.1, 0.15) is 10.6 Å². The Kier molecular flexibility index (Phi) is 6.27. The predicted octanol–water partition coefficient (Wildman–Crippen LogP) is 4.51. The molecule has 1 saturated heterocycles. The van der Waals surface area contributed by atoms with Crippen LogP contribution in [0.5, 0.6) is 0 Å². The molecule has 1 atom stereocenters. The van der Waals surface area contributed by atoms with Crippen LogP contribution in [-0.2, 0) is 17.6 Å². The van der Waals surface area contributed by atoms with E-state index >= 15 is 0 Å². The first kappa shape index (κ1) is 22.8. The Balaban J connectivity index is 1.44. The van der Waals surface area contributed by atoms with E-state index in [0.717, 1.165) is 66.7 Å². The summed E-state index contributed by atoms with van der Waals surface area (Å²) in [5.41, 5.74) is 3.44. The van der Waals surface area contributed by atoms with Gasteiger partial charge >= 0.3 is 0 Å². The van der Waals surface area contributed by atoms with Crippen LogP contribution in [0.4, 0.5) is 5.00 Å². The maximum absolute atomic E-state index is 13.2. The Labute approximate surface area is 201 Å². The molecule has 1 aromatic carbocycles. The van der Waals surface area contributed by atoms with E-state index in [2.05, 4.69) is 10.6 Å². The van der Waals surface area contributed by atoms with Crippen molar-refractivity contribution in [1.29, 1.82) is 0 Å². The van der Waals surface area contributed by atoms with Crippen LogP contribution < -0.4 is 16.1 Å². The van der Waals surface area contributed by atoms with E-state index < -0.39 is 5.91 Å². The lowest BCUT2D eigenvalue weighted by Gasteiger charge is -2.15. The molecular weight excluding hydrogens is 452 g/mol. The summed E-state index contributed by atoms with van der Waals surface area (Å²) >= 11 is 1.44. The van der Waals surface area contributed by atoms with Crippen molar-refractivity contribution in [2.24, 2.45) is 0 Å². The van der Waals surface area contributed by atoms with Crippen LogP contribution in [0.25, 0.3) is 11.0 Å².